The van der Waals surface area contributed by atoms with Gasteiger partial charge in [-0.1, -0.05) is 76.2 Å². The molecule has 2 fully saturated rings. The van der Waals surface area contributed by atoms with Gasteiger partial charge >= 0.3 is 29.8 Å². The highest BCUT2D eigenvalue weighted by Crippen LogP contribution is 2.34. The molecule has 0 aromatic rings. The SMILES string of the molecule is CC(C)C(=O)OC(C)C1CC1.CC(C)C(=O)OCC1CC1.CC(C)OC(=O)C(C)C.CCC(C)OC(=O)C(C)C.CCOC(=O)C(C)C. The van der Waals surface area contributed by atoms with Crippen LogP contribution in [-0.2, 0) is 47.7 Å². The van der Waals surface area contributed by atoms with Gasteiger partial charge in [-0.2, -0.15) is 0 Å². The van der Waals surface area contributed by atoms with Crippen LogP contribution < -0.4 is 0 Å². The van der Waals surface area contributed by atoms with Crippen LogP contribution in [0.4, 0.5) is 0 Å². The fourth-order valence-electron chi connectivity index (χ4n) is 2.73. The van der Waals surface area contributed by atoms with E-state index in [1.165, 1.54) is 25.7 Å². The Hall–Kier alpha value is -2.65. The van der Waals surface area contributed by atoms with Gasteiger partial charge in [0.2, 0.25) is 0 Å². The van der Waals surface area contributed by atoms with Crippen molar-refractivity contribution in [3.63, 3.8) is 0 Å². The number of hydrogen-bond donors (Lipinski definition) is 0. The van der Waals surface area contributed by atoms with Gasteiger partial charge in [-0.3, -0.25) is 24.0 Å². The Labute approximate surface area is 293 Å². The Morgan fingerprint density at radius 2 is 0.875 bits per heavy atom. The smallest absolute Gasteiger partial charge is 0.308 e. The van der Waals surface area contributed by atoms with Crippen LogP contribution in [0, 0.1) is 41.4 Å². The lowest BCUT2D eigenvalue weighted by Crippen LogP contribution is -2.20. The maximum atomic E-state index is 11.1. The molecule has 10 nitrogen and oxygen atoms in total. The van der Waals surface area contributed by atoms with E-state index < -0.39 is 0 Å². The predicted molar refractivity (Wildman–Crippen MR) is 190 cm³/mol. The fraction of sp³-hybridized carbons (Fsp3) is 0.868. The molecule has 2 aliphatic rings. The second kappa shape index (κ2) is 28.2. The van der Waals surface area contributed by atoms with Gasteiger partial charge in [0.25, 0.3) is 0 Å². The first-order valence-electron chi connectivity index (χ1n) is 18.0. The predicted octanol–water partition coefficient (Wildman–Crippen LogP) is 8.36. The average molecular weight is 689 g/mol. The molecule has 0 aliphatic heterocycles. The van der Waals surface area contributed by atoms with Crippen molar-refractivity contribution in [2.75, 3.05) is 13.2 Å². The van der Waals surface area contributed by atoms with E-state index in [9.17, 15) is 24.0 Å². The molecule has 0 aromatic carbocycles. The van der Waals surface area contributed by atoms with Crippen LogP contribution in [0.15, 0.2) is 0 Å². The molecule has 0 heterocycles. The Morgan fingerprint density at radius 3 is 1.15 bits per heavy atom. The highest BCUT2D eigenvalue weighted by molar-refractivity contribution is 5.73. The standard InChI is InChI=1S/C9H16O2.C8H14O2.C8H16O2.C7H14O2.C6H12O2/c1-6(2)9(10)11-7(3)8-4-5-8;1-6(2)8(9)10-5-7-3-4-7;1-5-7(4)10-8(9)6(2)3;1-5(2)7(8)9-6(3)4;1-4-8-6(7)5(2)3/h6-8H,4-5H2,1-3H3;6-7H,3-5H2,1-2H3;6-7H,5H2,1-4H3;5-6H,1-4H3;5H,4H2,1-3H3. The molecule has 2 unspecified atom stereocenters. The molecule has 0 bridgehead atoms. The van der Waals surface area contributed by atoms with E-state index in [1.54, 1.807) is 6.92 Å². The largest absolute Gasteiger partial charge is 0.466 e. The Balaban J connectivity index is -0.000000530. The van der Waals surface area contributed by atoms with Crippen LogP contribution in [0.5, 0.6) is 0 Å². The van der Waals surface area contributed by atoms with Crippen molar-refractivity contribution in [2.45, 2.75) is 161 Å². The van der Waals surface area contributed by atoms with E-state index in [0.29, 0.717) is 25.0 Å². The van der Waals surface area contributed by atoms with Gasteiger partial charge in [-0.15, -0.1) is 0 Å². The zero-order valence-electron chi connectivity index (χ0n) is 33.3. The third-order valence-corrected chi connectivity index (χ3v) is 6.63. The van der Waals surface area contributed by atoms with Crippen LogP contribution in [0.2, 0.25) is 0 Å². The lowest BCUT2D eigenvalue weighted by molar-refractivity contribution is -0.153. The number of hydrogen-bond acceptors (Lipinski definition) is 10. The Kier molecular flexibility index (Phi) is 29.2. The molecule has 2 saturated carbocycles. The van der Waals surface area contributed by atoms with Crippen LogP contribution in [0.3, 0.4) is 0 Å². The fourth-order valence-corrected chi connectivity index (χ4v) is 2.73. The molecular formula is C38H72O10. The molecule has 2 rings (SSSR count). The molecule has 10 heteroatoms. The minimum absolute atomic E-state index is 0.00556. The molecule has 284 valence electrons. The molecule has 2 atom stereocenters. The maximum absolute atomic E-state index is 11.1. The first-order valence-corrected chi connectivity index (χ1v) is 18.0. The topological polar surface area (TPSA) is 132 Å². The molecule has 0 amide bonds. The first-order chi connectivity index (χ1) is 22.1. The third kappa shape index (κ3) is 31.9. The summed E-state index contributed by atoms with van der Waals surface area (Å²) in [6.45, 7) is 30.9. The molecule has 2 aliphatic carbocycles. The van der Waals surface area contributed by atoms with Crippen molar-refractivity contribution in [1.29, 1.82) is 0 Å². The minimum atomic E-state index is -0.120. The quantitative estimate of drug-likeness (QED) is 0.137. The van der Waals surface area contributed by atoms with E-state index in [0.717, 1.165) is 6.42 Å². The van der Waals surface area contributed by atoms with Crippen molar-refractivity contribution < 1.29 is 47.7 Å². The maximum Gasteiger partial charge on any atom is 0.308 e. The number of carbonyl (C=O) groups is 5. The van der Waals surface area contributed by atoms with Gasteiger partial charge in [0.05, 0.1) is 55.0 Å². The van der Waals surface area contributed by atoms with Gasteiger partial charge in [0, 0.05) is 0 Å². The number of carbonyl (C=O) groups excluding carboxylic acids is 5. The zero-order valence-corrected chi connectivity index (χ0v) is 33.3. The van der Waals surface area contributed by atoms with E-state index in [2.05, 4.69) is 4.74 Å². The monoisotopic (exact) mass is 689 g/mol. The summed E-state index contributed by atoms with van der Waals surface area (Å²) in [6, 6.07) is 0. The van der Waals surface area contributed by atoms with E-state index >= 15 is 0 Å². The van der Waals surface area contributed by atoms with Crippen molar-refractivity contribution in [2.24, 2.45) is 41.4 Å². The van der Waals surface area contributed by atoms with Gasteiger partial charge in [-0.05, 0) is 78.6 Å². The highest BCUT2D eigenvalue weighted by Gasteiger charge is 2.31. The van der Waals surface area contributed by atoms with Crippen molar-refractivity contribution in [1.82, 2.24) is 0 Å². The number of rotatable bonds is 13. The Bertz CT molecular complexity index is 884. The van der Waals surface area contributed by atoms with Crippen LogP contribution in [0.1, 0.15) is 143 Å². The van der Waals surface area contributed by atoms with E-state index in [1.807, 2.05) is 104 Å². The van der Waals surface area contributed by atoms with Crippen LogP contribution >= 0.6 is 0 Å². The molecule has 0 N–H and O–H groups in total. The molecular weight excluding hydrogens is 616 g/mol. The van der Waals surface area contributed by atoms with Crippen LogP contribution in [0.25, 0.3) is 0 Å². The third-order valence-electron chi connectivity index (χ3n) is 6.63. The Morgan fingerprint density at radius 1 is 0.500 bits per heavy atom. The first kappa shape index (κ1) is 49.7. The molecule has 0 spiro atoms. The lowest BCUT2D eigenvalue weighted by atomic mass is 10.2. The van der Waals surface area contributed by atoms with Gasteiger partial charge in [-0.25, -0.2) is 0 Å². The number of ether oxygens (including phenoxy) is 5. The summed E-state index contributed by atoms with van der Waals surface area (Å²) in [5, 5.41) is 0. The zero-order chi connectivity index (χ0) is 38.1. The summed E-state index contributed by atoms with van der Waals surface area (Å²) in [5.74, 6) is 0.898. The molecule has 48 heavy (non-hydrogen) atoms. The van der Waals surface area contributed by atoms with Gasteiger partial charge in [0.15, 0.2) is 0 Å². The molecule has 0 saturated heterocycles. The van der Waals surface area contributed by atoms with E-state index in [-0.39, 0.29) is 77.7 Å². The summed E-state index contributed by atoms with van der Waals surface area (Å²) in [6.07, 6.45) is 6.05. The lowest BCUT2D eigenvalue weighted by Gasteiger charge is -2.13. The summed E-state index contributed by atoms with van der Waals surface area (Å²) >= 11 is 0. The molecule has 0 radical (unpaired) electrons. The van der Waals surface area contributed by atoms with Gasteiger partial charge < -0.3 is 23.7 Å². The summed E-state index contributed by atoms with van der Waals surface area (Å²) in [5.41, 5.74) is 0. The average Bonchev–Trinajstić information content (AvgIpc) is 3.91. The van der Waals surface area contributed by atoms with E-state index in [4.69, 9.17) is 18.9 Å². The number of esters is 5. The van der Waals surface area contributed by atoms with Crippen molar-refractivity contribution in [3.8, 4) is 0 Å². The van der Waals surface area contributed by atoms with Crippen molar-refractivity contribution in [3.05, 3.63) is 0 Å². The second-order valence-electron chi connectivity index (χ2n) is 14.2. The summed E-state index contributed by atoms with van der Waals surface area (Å²) in [7, 11) is 0. The minimum Gasteiger partial charge on any atom is -0.466 e. The van der Waals surface area contributed by atoms with Crippen molar-refractivity contribution >= 4 is 29.8 Å². The second-order valence-corrected chi connectivity index (χ2v) is 14.2. The van der Waals surface area contributed by atoms with Crippen LogP contribution in [-0.4, -0.2) is 61.4 Å². The normalized spacial score (nSPS) is 14.5. The molecule has 0 aromatic heterocycles. The summed E-state index contributed by atoms with van der Waals surface area (Å²) in [4.78, 5) is 54.1. The summed E-state index contributed by atoms with van der Waals surface area (Å²) < 4.78 is 24.7. The van der Waals surface area contributed by atoms with Gasteiger partial charge in [0.1, 0.15) is 6.10 Å². The highest BCUT2D eigenvalue weighted by atomic mass is 16.6.